The topological polar surface area (TPSA) is 77.6 Å². The molecule has 1 aromatic heterocycles. The maximum absolute atomic E-state index is 12.8. The average molecular weight is 407 g/mol. The van der Waals surface area contributed by atoms with Crippen molar-refractivity contribution in [2.24, 2.45) is 0 Å². The predicted molar refractivity (Wildman–Crippen MR) is 111 cm³/mol. The van der Waals surface area contributed by atoms with E-state index in [-0.39, 0.29) is 36.5 Å². The van der Waals surface area contributed by atoms with Crippen molar-refractivity contribution in [3.8, 4) is 0 Å². The summed E-state index contributed by atoms with van der Waals surface area (Å²) in [5.74, 6) is -0.867. The van der Waals surface area contributed by atoms with Gasteiger partial charge in [-0.3, -0.25) is 4.79 Å². The third-order valence-corrected chi connectivity index (χ3v) is 5.19. The Morgan fingerprint density at radius 2 is 1.53 bits per heavy atom. The number of hydrogen-bond donors (Lipinski definition) is 0. The second kappa shape index (κ2) is 8.67. The van der Waals surface area contributed by atoms with Gasteiger partial charge in [0.25, 0.3) is 0 Å². The Kier molecular flexibility index (Phi) is 5.81. The van der Waals surface area contributed by atoms with Crippen LogP contribution in [0.3, 0.4) is 0 Å². The summed E-state index contributed by atoms with van der Waals surface area (Å²) in [5.41, 5.74) is 1.92. The van der Waals surface area contributed by atoms with Crippen molar-refractivity contribution >= 4 is 5.91 Å². The monoisotopic (exact) mass is 407 g/mol. The molecule has 0 aliphatic carbocycles. The van der Waals surface area contributed by atoms with Crippen LogP contribution in [0.5, 0.6) is 0 Å². The fourth-order valence-electron chi connectivity index (χ4n) is 3.92. The lowest BCUT2D eigenvalue weighted by molar-refractivity contribution is -0.144. The second-order valence-electron chi connectivity index (χ2n) is 7.67. The third-order valence-electron chi connectivity index (χ3n) is 5.19. The van der Waals surface area contributed by atoms with Crippen LogP contribution in [0, 0.1) is 0 Å². The maximum Gasteiger partial charge on any atom is 0.437 e. The lowest BCUT2D eigenvalue weighted by Gasteiger charge is -2.35. The molecule has 1 aliphatic heterocycles. The molecule has 30 heavy (non-hydrogen) atoms. The van der Waals surface area contributed by atoms with Crippen LogP contribution in [0.4, 0.5) is 0 Å². The van der Waals surface area contributed by atoms with Gasteiger partial charge in [-0.15, -0.1) is 5.10 Å². The van der Waals surface area contributed by atoms with E-state index in [1.807, 2.05) is 74.5 Å². The van der Waals surface area contributed by atoms with Crippen molar-refractivity contribution in [2.45, 2.75) is 38.5 Å². The number of nitrogens with zero attached hydrogens (tertiary/aromatic N) is 3. The summed E-state index contributed by atoms with van der Waals surface area (Å²) < 4.78 is 12.3. The van der Waals surface area contributed by atoms with Gasteiger partial charge in [0, 0.05) is 13.1 Å². The van der Waals surface area contributed by atoms with Gasteiger partial charge in [0.15, 0.2) is 0 Å². The largest absolute Gasteiger partial charge is 0.437 e. The molecule has 0 saturated carbocycles. The minimum Gasteiger partial charge on any atom is -0.391 e. The van der Waals surface area contributed by atoms with E-state index < -0.39 is 5.76 Å². The van der Waals surface area contributed by atoms with E-state index in [9.17, 15) is 9.59 Å². The number of rotatable bonds is 5. The molecule has 2 aromatic carbocycles. The van der Waals surface area contributed by atoms with Gasteiger partial charge in [0.2, 0.25) is 11.8 Å². The van der Waals surface area contributed by atoms with Crippen molar-refractivity contribution in [1.29, 1.82) is 0 Å². The predicted octanol–water partition coefficient (Wildman–Crippen LogP) is 2.65. The second-order valence-corrected chi connectivity index (χ2v) is 7.67. The van der Waals surface area contributed by atoms with Crippen LogP contribution in [0.25, 0.3) is 0 Å². The molecular formula is C23H25N3O4. The van der Waals surface area contributed by atoms with Crippen LogP contribution in [-0.2, 0) is 16.1 Å². The summed E-state index contributed by atoms with van der Waals surface area (Å²) in [6.07, 6.45) is -0.0781. The zero-order chi connectivity index (χ0) is 21.1. The highest BCUT2D eigenvalue weighted by Gasteiger charge is 2.28. The van der Waals surface area contributed by atoms with Crippen molar-refractivity contribution in [2.75, 3.05) is 13.1 Å². The van der Waals surface area contributed by atoms with Gasteiger partial charge in [0.05, 0.1) is 18.1 Å². The Morgan fingerprint density at radius 3 is 2.07 bits per heavy atom. The van der Waals surface area contributed by atoms with Gasteiger partial charge in [-0.25, -0.2) is 4.79 Å². The minimum absolute atomic E-state index is 0.0390. The molecule has 0 spiro atoms. The minimum atomic E-state index is -0.635. The Bertz CT molecular complexity index is 996. The van der Waals surface area contributed by atoms with Gasteiger partial charge >= 0.3 is 5.76 Å². The first-order valence-corrected chi connectivity index (χ1v) is 10.1. The molecular weight excluding hydrogens is 382 g/mol. The molecule has 0 N–H and O–H groups in total. The maximum atomic E-state index is 12.8. The van der Waals surface area contributed by atoms with Gasteiger partial charge in [-0.05, 0) is 25.0 Å². The highest BCUT2D eigenvalue weighted by atomic mass is 16.5. The Labute approximate surface area is 174 Å². The highest BCUT2D eigenvalue weighted by Crippen LogP contribution is 2.29. The lowest BCUT2D eigenvalue weighted by atomic mass is 9.91. The molecule has 0 bridgehead atoms. The Morgan fingerprint density at radius 1 is 1.00 bits per heavy atom. The SMILES string of the molecule is C[C@@H]1CN(C(=O)Cn2nc(C(c3ccccc3)c3ccccc3)oc2=O)C[C@H](C)O1. The summed E-state index contributed by atoms with van der Waals surface area (Å²) in [6.45, 7) is 4.71. The van der Waals surface area contributed by atoms with Gasteiger partial charge in [-0.2, -0.15) is 4.68 Å². The van der Waals surface area contributed by atoms with Gasteiger partial charge in [0.1, 0.15) is 6.54 Å². The average Bonchev–Trinajstić information content (AvgIpc) is 3.08. The van der Waals surface area contributed by atoms with Crippen LogP contribution < -0.4 is 5.76 Å². The summed E-state index contributed by atoms with van der Waals surface area (Å²) in [5, 5.41) is 4.39. The first-order chi connectivity index (χ1) is 14.5. The van der Waals surface area contributed by atoms with Crippen molar-refractivity contribution < 1.29 is 13.9 Å². The van der Waals surface area contributed by atoms with E-state index in [0.29, 0.717) is 13.1 Å². The first-order valence-electron chi connectivity index (χ1n) is 10.1. The van der Waals surface area contributed by atoms with Crippen molar-refractivity contribution in [3.05, 3.63) is 88.2 Å². The zero-order valence-electron chi connectivity index (χ0n) is 17.1. The number of amides is 1. The van der Waals surface area contributed by atoms with E-state index >= 15 is 0 Å². The quantitative estimate of drug-likeness (QED) is 0.650. The van der Waals surface area contributed by atoms with Crippen LogP contribution >= 0.6 is 0 Å². The van der Waals surface area contributed by atoms with Crippen molar-refractivity contribution in [3.63, 3.8) is 0 Å². The lowest BCUT2D eigenvalue weighted by Crippen LogP contribution is -2.49. The van der Waals surface area contributed by atoms with E-state index in [1.165, 1.54) is 0 Å². The molecule has 0 radical (unpaired) electrons. The number of benzene rings is 2. The summed E-state index contributed by atoms with van der Waals surface area (Å²) >= 11 is 0. The van der Waals surface area contributed by atoms with Crippen molar-refractivity contribution in [1.82, 2.24) is 14.7 Å². The number of carbonyl (C=O) groups is 1. The molecule has 3 aromatic rings. The fourth-order valence-corrected chi connectivity index (χ4v) is 3.92. The molecule has 156 valence electrons. The number of aromatic nitrogens is 2. The number of ether oxygens (including phenoxy) is 1. The standard InChI is InChI=1S/C23H25N3O4/c1-16-13-25(14-17(2)29-16)20(27)15-26-23(28)30-22(24-26)21(18-9-5-3-6-10-18)19-11-7-4-8-12-19/h3-12,16-17,21H,13-15H2,1-2H3/t16-,17+. The molecule has 0 unspecified atom stereocenters. The first kappa shape index (κ1) is 20.1. The number of carbonyl (C=O) groups excluding carboxylic acids is 1. The summed E-state index contributed by atoms with van der Waals surface area (Å²) in [7, 11) is 0. The number of hydrogen-bond acceptors (Lipinski definition) is 5. The molecule has 7 heteroatoms. The Hall–Kier alpha value is -3.19. The fraction of sp³-hybridized carbons (Fsp3) is 0.348. The van der Waals surface area contributed by atoms with Crippen LogP contribution in [-0.4, -0.2) is 45.9 Å². The molecule has 7 nitrogen and oxygen atoms in total. The van der Waals surface area contributed by atoms with Crippen LogP contribution in [0.2, 0.25) is 0 Å². The van der Waals surface area contributed by atoms with E-state index in [1.54, 1.807) is 4.90 Å². The van der Waals surface area contributed by atoms with E-state index in [0.717, 1.165) is 15.8 Å². The third kappa shape index (κ3) is 4.36. The number of morpholine rings is 1. The summed E-state index contributed by atoms with van der Waals surface area (Å²) in [4.78, 5) is 27.0. The molecule has 1 amide bonds. The van der Waals surface area contributed by atoms with E-state index in [4.69, 9.17) is 9.15 Å². The van der Waals surface area contributed by atoms with Crippen LogP contribution in [0.15, 0.2) is 69.9 Å². The Balaban J connectivity index is 1.61. The smallest absolute Gasteiger partial charge is 0.391 e. The van der Waals surface area contributed by atoms with Gasteiger partial charge in [-0.1, -0.05) is 60.7 Å². The molecule has 1 aliphatic rings. The molecule has 2 atom stereocenters. The molecule has 1 fully saturated rings. The van der Waals surface area contributed by atoms with Crippen LogP contribution in [0.1, 0.15) is 36.8 Å². The van der Waals surface area contributed by atoms with Gasteiger partial charge < -0.3 is 14.1 Å². The molecule has 4 rings (SSSR count). The normalized spacial score (nSPS) is 19.2. The molecule has 2 heterocycles. The molecule has 1 saturated heterocycles. The summed E-state index contributed by atoms with van der Waals surface area (Å²) in [6, 6.07) is 19.5. The van der Waals surface area contributed by atoms with E-state index in [2.05, 4.69) is 5.10 Å². The highest BCUT2D eigenvalue weighted by molar-refractivity contribution is 5.76. The zero-order valence-corrected chi connectivity index (χ0v) is 17.1.